The minimum atomic E-state index is -0.477. The minimum absolute atomic E-state index is 0. The highest BCUT2D eigenvalue weighted by molar-refractivity contribution is 5.85. The zero-order valence-corrected chi connectivity index (χ0v) is 9.83. The standard InChI is InChI=1S/C8H18N2O.2ClH/c1-7(9)5-10-4-3-8(2,11)6-10;;/h7,11H,3-6,9H2,1-2H3;2*1H/t7-,8+;;/m0../s1. The molecule has 0 aromatic carbocycles. The summed E-state index contributed by atoms with van der Waals surface area (Å²) in [4.78, 5) is 2.21. The molecule has 5 heteroatoms. The molecule has 82 valence electrons. The van der Waals surface area contributed by atoms with E-state index in [0.717, 1.165) is 26.1 Å². The third kappa shape index (κ3) is 5.70. The van der Waals surface area contributed by atoms with Crippen molar-refractivity contribution in [2.24, 2.45) is 5.73 Å². The van der Waals surface area contributed by atoms with Gasteiger partial charge in [-0.15, -0.1) is 24.8 Å². The molecule has 3 N–H and O–H groups in total. The number of hydrogen-bond donors (Lipinski definition) is 2. The van der Waals surface area contributed by atoms with Crippen molar-refractivity contribution in [3.8, 4) is 0 Å². The molecule has 1 fully saturated rings. The first-order valence-corrected chi connectivity index (χ1v) is 4.20. The second-order valence-electron chi connectivity index (χ2n) is 3.96. The fourth-order valence-corrected chi connectivity index (χ4v) is 1.60. The Bertz CT molecular complexity index is 142. The molecule has 1 saturated heterocycles. The molecular weight excluding hydrogens is 211 g/mol. The van der Waals surface area contributed by atoms with E-state index in [1.165, 1.54) is 0 Å². The fourth-order valence-electron chi connectivity index (χ4n) is 1.60. The lowest BCUT2D eigenvalue weighted by Gasteiger charge is -2.20. The van der Waals surface area contributed by atoms with Crippen LogP contribution < -0.4 is 5.73 Å². The summed E-state index contributed by atoms with van der Waals surface area (Å²) in [5.41, 5.74) is 5.16. The van der Waals surface area contributed by atoms with E-state index in [0.29, 0.717) is 0 Å². The monoisotopic (exact) mass is 230 g/mol. The van der Waals surface area contributed by atoms with Gasteiger partial charge in [-0.25, -0.2) is 0 Å². The Hall–Kier alpha value is 0.460. The van der Waals surface area contributed by atoms with E-state index in [1.807, 2.05) is 13.8 Å². The van der Waals surface area contributed by atoms with Crippen molar-refractivity contribution in [1.82, 2.24) is 4.90 Å². The van der Waals surface area contributed by atoms with Gasteiger partial charge < -0.3 is 10.8 Å². The third-order valence-corrected chi connectivity index (χ3v) is 2.08. The van der Waals surface area contributed by atoms with Crippen LogP contribution in [0.5, 0.6) is 0 Å². The number of nitrogens with two attached hydrogens (primary N) is 1. The second-order valence-corrected chi connectivity index (χ2v) is 3.96. The molecule has 1 aliphatic heterocycles. The van der Waals surface area contributed by atoms with Crippen LogP contribution in [0.2, 0.25) is 0 Å². The molecule has 0 aliphatic carbocycles. The van der Waals surface area contributed by atoms with E-state index in [2.05, 4.69) is 4.90 Å². The van der Waals surface area contributed by atoms with Crippen molar-refractivity contribution < 1.29 is 5.11 Å². The summed E-state index contributed by atoms with van der Waals surface area (Å²) in [5, 5.41) is 9.60. The van der Waals surface area contributed by atoms with Crippen LogP contribution in [0.25, 0.3) is 0 Å². The molecule has 3 nitrogen and oxygen atoms in total. The van der Waals surface area contributed by atoms with Gasteiger partial charge in [0.05, 0.1) is 5.60 Å². The topological polar surface area (TPSA) is 49.5 Å². The van der Waals surface area contributed by atoms with Gasteiger partial charge in [-0.3, -0.25) is 4.90 Å². The van der Waals surface area contributed by atoms with Gasteiger partial charge in [0, 0.05) is 25.7 Å². The van der Waals surface area contributed by atoms with Gasteiger partial charge in [0.1, 0.15) is 0 Å². The molecule has 13 heavy (non-hydrogen) atoms. The summed E-state index contributed by atoms with van der Waals surface area (Å²) >= 11 is 0. The van der Waals surface area contributed by atoms with Gasteiger partial charge in [-0.2, -0.15) is 0 Å². The zero-order valence-electron chi connectivity index (χ0n) is 8.19. The molecule has 0 bridgehead atoms. The number of hydrogen-bond acceptors (Lipinski definition) is 3. The SMILES string of the molecule is C[C@H](N)CN1CC[C@@](C)(O)C1.Cl.Cl. The normalized spacial score (nSPS) is 30.5. The molecule has 0 aromatic rings. The lowest BCUT2D eigenvalue weighted by Crippen LogP contribution is -2.36. The van der Waals surface area contributed by atoms with Gasteiger partial charge in [0.15, 0.2) is 0 Å². The highest BCUT2D eigenvalue weighted by atomic mass is 35.5. The van der Waals surface area contributed by atoms with Crippen molar-refractivity contribution >= 4 is 24.8 Å². The van der Waals surface area contributed by atoms with Crippen LogP contribution in [0.1, 0.15) is 20.3 Å². The lowest BCUT2D eigenvalue weighted by molar-refractivity contribution is 0.0683. The zero-order chi connectivity index (χ0) is 8.48. The van der Waals surface area contributed by atoms with Crippen LogP contribution in [0.15, 0.2) is 0 Å². The van der Waals surface area contributed by atoms with E-state index >= 15 is 0 Å². The van der Waals surface area contributed by atoms with Gasteiger partial charge >= 0.3 is 0 Å². The van der Waals surface area contributed by atoms with Gasteiger partial charge in [0.2, 0.25) is 0 Å². The molecule has 1 heterocycles. The summed E-state index contributed by atoms with van der Waals surface area (Å²) in [7, 11) is 0. The predicted octanol–water partition coefficient (Wildman–Crippen LogP) is 0.634. The van der Waals surface area contributed by atoms with Crippen molar-refractivity contribution in [2.75, 3.05) is 19.6 Å². The quantitative estimate of drug-likeness (QED) is 0.733. The Balaban J connectivity index is 0. The predicted molar refractivity (Wildman–Crippen MR) is 59.8 cm³/mol. The Labute approximate surface area is 92.5 Å². The summed E-state index contributed by atoms with van der Waals surface area (Å²) in [6.45, 7) is 6.53. The Kier molecular flexibility index (Phi) is 7.39. The van der Waals surface area contributed by atoms with Crippen molar-refractivity contribution in [1.29, 1.82) is 0 Å². The molecule has 0 spiro atoms. The Morgan fingerprint density at radius 3 is 2.38 bits per heavy atom. The van der Waals surface area contributed by atoms with Crippen molar-refractivity contribution in [2.45, 2.75) is 31.9 Å². The summed E-state index contributed by atoms with van der Waals surface area (Å²) in [6.07, 6.45) is 0.875. The largest absolute Gasteiger partial charge is 0.389 e. The lowest BCUT2D eigenvalue weighted by atomic mass is 10.1. The maximum Gasteiger partial charge on any atom is 0.0758 e. The number of halogens is 2. The van der Waals surface area contributed by atoms with Crippen LogP contribution in [0.4, 0.5) is 0 Å². The van der Waals surface area contributed by atoms with Crippen LogP contribution >= 0.6 is 24.8 Å². The number of β-amino-alcohol motifs (C(OH)–C–C–N with tert-alkyl or cyclic N) is 1. The third-order valence-electron chi connectivity index (χ3n) is 2.08. The minimum Gasteiger partial charge on any atom is -0.389 e. The second kappa shape index (κ2) is 6.04. The van der Waals surface area contributed by atoms with E-state index in [9.17, 15) is 5.11 Å². The molecule has 2 atom stereocenters. The summed E-state index contributed by atoms with van der Waals surface area (Å²) in [6, 6.07) is 0.212. The Morgan fingerprint density at radius 2 is 2.08 bits per heavy atom. The van der Waals surface area contributed by atoms with Crippen LogP contribution in [0, 0.1) is 0 Å². The molecule has 0 amide bonds. The number of nitrogens with zero attached hydrogens (tertiary/aromatic N) is 1. The maximum absolute atomic E-state index is 9.60. The van der Waals surface area contributed by atoms with Crippen molar-refractivity contribution in [3.05, 3.63) is 0 Å². The average molecular weight is 231 g/mol. The first kappa shape index (κ1) is 15.9. The highest BCUT2D eigenvalue weighted by Gasteiger charge is 2.31. The number of likely N-dealkylation sites (tertiary alicyclic amines) is 1. The molecule has 0 unspecified atom stereocenters. The number of aliphatic hydroxyl groups is 1. The maximum atomic E-state index is 9.60. The van der Waals surface area contributed by atoms with Crippen LogP contribution in [-0.4, -0.2) is 41.3 Å². The van der Waals surface area contributed by atoms with Gasteiger partial charge in [-0.05, 0) is 20.3 Å². The first-order chi connectivity index (χ1) is 4.99. The molecule has 1 aliphatic rings. The van der Waals surface area contributed by atoms with Crippen molar-refractivity contribution in [3.63, 3.8) is 0 Å². The van der Waals surface area contributed by atoms with Gasteiger partial charge in [-0.1, -0.05) is 0 Å². The smallest absolute Gasteiger partial charge is 0.0758 e. The molecule has 0 radical (unpaired) electrons. The van der Waals surface area contributed by atoms with Crippen LogP contribution in [0.3, 0.4) is 0 Å². The molecular formula is C8H20Cl2N2O. The van der Waals surface area contributed by atoms with E-state index < -0.39 is 5.60 Å². The fraction of sp³-hybridized carbons (Fsp3) is 1.00. The van der Waals surface area contributed by atoms with E-state index in [4.69, 9.17) is 5.73 Å². The Morgan fingerprint density at radius 1 is 1.54 bits per heavy atom. The van der Waals surface area contributed by atoms with Crippen LogP contribution in [-0.2, 0) is 0 Å². The molecule has 0 saturated carbocycles. The van der Waals surface area contributed by atoms with Gasteiger partial charge in [0.25, 0.3) is 0 Å². The summed E-state index contributed by atoms with van der Waals surface area (Å²) in [5.74, 6) is 0. The first-order valence-electron chi connectivity index (χ1n) is 4.20. The van der Waals surface area contributed by atoms with E-state index in [1.54, 1.807) is 0 Å². The molecule has 0 aromatic heterocycles. The highest BCUT2D eigenvalue weighted by Crippen LogP contribution is 2.19. The summed E-state index contributed by atoms with van der Waals surface area (Å²) < 4.78 is 0. The van der Waals surface area contributed by atoms with E-state index in [-0.39, 0.29) is 30.9 Å². The molecule has 1 rings (SSSR count). The number of rotatable bonds is 2. The average Bonchev–Trinajstić information content (AvgIpc) is 2.08.